The summed E-state index contributed by atoms with van der Waals surface area (Å²) in [6, 6.07) is 61.6. The first-order valence-corrected chi connectivity index (χ1v) is 19.0. The van der Waals surface area contributed by atoms with Crippen molar-refractivity contribution in [1.29, 1.82) is 0 Å². The SMILES string of the molecule is CC1(C)c2ccccc2-c2cc(-c3nc(-n4c5ccc(-n6c7ccccc7c7ccccc76)cc5c5c6ccccc6ccc54)nc4ccccc34)ccc21. The number of aromatic nitrogens is 4. The summed E-state index contributed by atoms with van der Waals surface area (Å²) < 4.78 is 4.67. The topological polar surface area (TPSA) is 35.6 Å². The van der Waals surface area contributed by atoms with Crippen LogP contribution >= 0.6 is 0 Å². The van der Waals surface area contributed by atoms with Crippen molar-refractivity contribution in [1.82, 2.24) is 19.1 Å². The third kappa shape index (κ3) is 4.17. The highest BCUT2D eigenvalue weighted by molar-refractivity contribution is 6.22. The molecule has 0 bridgehead atoms. The van der Waals surface area contributed by atoms with Crippen molar-refractivity contribution in [2.45, 2.75) is 19.3 Å². The van der Waals surface area contributed by atoms with Crippen molar-refractivity contribution in [2.24, 2.45) is 0 Å². The fourth-order valence-corrected chi connectivity index (χ4v) is 9.59. The predicted octanol–water partition coefficient (Wildman–Crippen LogP) is 13.0. The van der Waals surface area contributed by atoms with E-state index in [9.17, 15) is 0 Å². The second-order valence-corrected chi connectivity index (χ2v) is 15.4. The van der Waals surface area contributed by atoms with Gasteiger partial charge in [0, 0.05) is 43.6 Å². The van der Waals surface area contributed by atoms with Crippen molar-refractivity contribution < 1.29 is 0 Å². The summed E-state index contributed by atoms with van der Waals surface area (Å²) in [6.45, 7) is 4.66. The number of fused-ring (bicyclic) bond motifs is 12. The summed E-state index contributed by atoms with van der Waals surface area (Å²) in [5.74, 6) is 0.662. The molecule has 0 unspecified atom stereocenters. The molecule has 11 aromatic rings. The van der Waals surface area contributed by atoms with E-state index in [1.807, 2.05) is 0 Å². The van der Waals surface area contributed by atoms with Gasteiger partial charge in [-0.05, 0) is 81.6 Å². The van der Waals surface area contributed by atoms with E-state index in [2.05, 4.69) is 193 Å². The van der Waals surface area contributed by atoms with E-state index in [1.165, 1.54) is 65.6 Å². The Morgan fingerprint density at radius 1 is 0.436 bits per heavy atom. The minimum atomic E-state index is -0.0623. The normalized spacial score (nSPS) is 13.4. The second-order valence-electron chi connectivity index (χ2n) is 15.4. The zero-order valence-electron chi connectivity index (χ0n) is 30.5. The van der Waals surface area contributed by atoms with Crippen molar-refractivity contribution >= 4 is 65.3 Å². The van der Waals surface area contributed by atoms with E-state index < -0.39 is 0 Å². The second kappa shape index (κ2) is 11.0. The van der Waals surface area contributed by atoms with E-state index >= 15 is 0 Å². The Balaban J connectivity index is 1.14. The van der Waals surface area contributed by atoms with Crippen LogP contribution in [0.3, 0.4) is 0 Å². The zero-order valence-corrected chi connectivity index (χ0v) is 30.5. The Morgan fingerprint density at radius 3 is 1.89 bits per heavy atom. The van der Waals surface area contributed by atoms with Crippen LogP contribution in [0.1, 0.15) is 25.0 Å². The minimum Gasteiger partial charge on any atom is -0.309 e. The Hall–Kier alpha value is -7.04. The summed E-state index contributed by atoms with van der Waals surface area (Å²) in [7, 11) is 0. The lowest BCUT2D eigenvalue weighted by molar-refractivity contribution is 0.660. The fraction of sp³-hybridized carbons (Fsp3) is 0.0588. The van der Waals surface area contributed by atoms with E-state index in [0.29, 0.717) is 5.95 Å². The summed E-state index contributed by atoms with van der Waals surface area (Å²) in [6.07, 6.45) is 0. The van der Waals surface area contributed by atoms with Gasteiger partial charge >= 0.3 is 0 Å². The van der Waals surface area contributed by atoms with E-state index in [-0.39, 0.29) is 5.41 Å². The Morgan fingerprint density at radius 2 is 1.07 bits per heavy atom. The Bertz CT molecular complexity index is 3360. The monoisotopic (exact) mass is 702 g/mol. The third-order valence-corrected chi connectivity index (χ3v) is 12.1. The average molecular weight is 703 g/mol. The number of benzene rings is 8. The van der Waals surface area contributed by atoms with Gasteiger partial charge < -0.3 is 4.57 Å². The molecule has 0 atom stereocenters. The molecule has 12 rings (SSSR count). The van der Waals surface area contributed by atoms with E-state index in [4.69, 9.17) is 9.97 Å². The molecule has 3 heterocycles. The first kappa shape index (κ1) is 30.4. The van der Waals surface area contributed by atoms with Gasteiger partial charge in [0.15, 0.2) is 0 Å². The molecule has 0 saturated carbocycles. The lowest BCUT2D eigenvalue weighted by Crippen LogP contribution is -2.14. The molecule has 8 aromatic carbocycles. The van der Waals surface area contributed by atoms with Gasteiger partial charge in [-0.1, -0.05) is 135 Å². The van der Waals surface area contributed by atoms with Crippen LogP contribution in [0.5, 0.6) is 0 Å². The molecule has 0 fully saturated rings. The molecule has 4 heteroatoms. The molecular weight excluding hydrogens is 669 g/mol. The van der Waals surface area contributed by atoms with E-state index in [0.717, 1.165) is 38.9 Å². The Kier molecular flexibility index (Phi) is 6.09. The maximum atomic E-state index is 5.51. The minimum absolute atomic E-state index is 0.0623. The summed E-state index contributed by atoms with van der Waals surface area (Å²) >= 11 is 0. The summed E-state index contributed by atoms with van der Waals surface area (Å²) in [4.78, 5) is 10.8. The fourth-order valence-electron chi connectivity index (χ4n) is 9.59. The van der Waals surface area contributed by atoms with Crippen molar-refractivity contribution in [3.63, 3.8) is 0 Å². The van der Waals surface area contributed by atoms with Crippen LogP contribution in [0.4, 0.5) is 0 Å². The Labute approximate surface area is 317 Å². The molecule has 0 amide bonds. The summed E-state index contributed by atoms with van der Waals surface area (Å²) in [5, 5.41) is 8.33. The predicted molar refractivity (Wildman–Crippen MR) is 229 cm³/mol. The third-order valence-electron chi connectivity index (χ3n) is 12.1. The lowest BCUT2D eigenvalue weighted by atomic mass is 9.82. The number of hydrogen-bond acceptors (Lipinski definition) is 2. The molecule has 1 aliphatic rings. The van der Waals surface area contributed by atoms with Crippen molar-refractivity contribution in [3.05, 3.63) is 181 Å². The van der Waals surface area contributed by atoms with Crippen LogP contribution in [0.25, 0.3) is 99.3 Å². The van der Waals surface area contributed by atoms with Gasteiger partial charge in [-0.25, -0.2) is 9.97 Å². The van der Waals surface area contributed by atoms with E-state index in [1.54, 1.807) is 0 Å². The standard InChI is InChI=1S/C51H34N4/c1-51(2)41-19-9-5-15-35(41)39-29-32(23-26-42(39)51)49-38-18-6-10-20-43(38)52-50(53-49)55-46-28-25-33(30-40(46)48-34-14-4-3-13-31(34)24-27-47(48)55)54-44-21-11-7-16-36(44)37-17-8-12-22-45(37)54/h3-30H,1-2H3. The van der Waals surface area contributed by atoms with Gasteiger partial charge in [0.2, 0.25) is 5.95 Å². The molecule has 3 aromatic heterocycles. The van der Waals surface area contributed by atoms with Crippen LogP contribution in [0.15, 0.2) is 170 Å². The molecule has 0 N–H and O–H groups in total. The maximum Gasteiger partial charge on any atom is 0.235 e. The molecule has 0 radical (unpaired) electrons. The van der Waals surface area contributed by atoms with Crippen LogP contribution < -0.4 is 0 Å². The molecule has 0 spiro atoms. The largest absolute Gasteiger partial charge is 0.309 e. The highest BCUT2D eigenvalue weighted by Crippen LogP contribution is 2.50. The molecule has 0 saturated heterocycles. The van der Waals surface area contributed by atoms with Gasteiger partial charge in [-0.15, -0.1) is 0 Å². The summed E-state index contributed by atoms with van der Waals surface area (Å²) in [5.41, 5.74) is 13.8. The van der Waals surface area contributed by atoms with Gasteiger partial charge in [0.25, 0.3) is 0 Å². The van der Waals surface area contributed by atoms with Gasteiger partial charge in [-0.3, -0.25) is 4.57 Å². The zero-order chi connectivity index (χ0) is 36.4. The molecule has 0 aliphatic heterocycles. The van der Waals surface area contributed by atoms with Crippen LogP contribution in [0.2, 0.25) is 0 Å². The van der Waals surface area contributed by atoms with Crippen molar-refractivity contribution in [2.75, 3.05) is 0 Å². The van der Waals surface area contributed by atoms with Crippen LogP contribution in [-0.2, 0) is 5.41 Å². The first-order chi connectivity index (χ1) is 27.0. The molecule has 4 nitrogen and oxygen atoms in total. The molecule has 55 heavy (non-hydrogen) atoms. The number of hydrogen-bond donors (Lipinski definition) is 0. The smallest absolute Gasteiger partial charge is 0.235 e. The van der Waals surface area contributed by atoms with Crippen LogP contribution in [0, 0.1) is 0 Å². The molecular formula is C51H34N4. The van der Waals surface area contributed by atoms with Crippen LogP contribution in [-0.4, -0.2) is 19.1 Å². The number of nitrogens with zero attached hydrogens (tertiary/aromatic N) is 4. The molecule has 258 valence electrons. The number of rotatable bonds is 3. The average Bonchev–Trinajstić information content (AvgIpc) is 3.83. The number of para-hydroxylation sites is 3. The lowest BCUT2D eigenvalue weighted by Gasteiger charge is -2.21. The van der Waals surface area contributed by atoms with Gasteiger partial charge in [-0.2, -0.15) is 0 Å². The molecule has 1 aliphatic carbocycles. The van der Waals surface area contributed by atoms with Gasteiger partial charge in [0.1, 0.15) is 0 Å². The maximum absolute atomic E-state index is 5.51. The van der Waals surface area contributed by atoms with Crippen molar-refractivity contribution in [3.8, 4) is 34.0 Å². The first-order valence-electron chi connectivity index (χ1n) is 19.0. The quantitative estimate of drug-likeness (QED) is 0.184. The highest BCUT2D eigenvalue weighted by atomic mass is 15.2. The van der Waals surface area contributed by atoms with Gasteiger partial charge in [0.05, 0.1) is 33.3 Å². The highest BCUT2D eigenvalue weighted by Gasteiger charge is 2.35.